The Morgan fingerprint density at radius 1 is 1.12 bits per heavy atom. The average molecular weight is 486 g/mol. The van der Waals surface area contributed by atoms with E-state index in [-0.39, 0.29) is 17.3 Å². The van der Waals surface area contributed by atoms with Crippen LogP contribution in [0.5, 0.6) is 0 Å². The van der Waals surface area contributed by atoms with E-state index in [1.165, 1.54) is 23.5 Å². The molecule has 2 aliphatic rings. The van der Waals surface area contributed by atoms with Crippen LogP contribution in [0.15, 0.2) is 24.3 Å². The van der Waals surface area contributed by atoms with Crippen LogP contribution in [0.3, 0.4) is 0 Å². The molecule has 5 rings (SSSR count). The zero-order valence-corrected chi connectivity index (χ0v) is 20.9. The standard InChI is InChI=1S/C24H32FN7OS/c1-24(2,3)27-21-20(17-7-6-8-18(25)15-17)26-22-32(21)28-23(34-22)31-13-11-29(12-14-31)16-19(33)30-9-4-5-10-30/h6-8,15,27H,4-5,9-14,16H2,1-3H3. The number of amides is 1. The molecule has 1 amide bonds. The van der Waals surface area contributed by atoms with Crippen LogP contribution in [0.1, 0.15) is 33.6 Å². The first kappa shape index (κ1) is 23.0. The summed E-state index contributed by atoms with van der Waals surface area (Å²) in [5, 5.41) is 9.32. The maximum Gasteiger partial charge on any atom is 0.236 e. The van der Waals surface area contributed by atoms with E-state index in [1.807, 2.05) is 15.5 Å². The second-order valence-corrected chi connectivity index (χ2v) is 11.1. The molecule has 0 spiro atoms. The van der Waals surface area contributed by atoms with Crippen LogP contribution in [-0.4, -0.2) is 81.7 Å². The van der Waals surface area contributed by atoms with Crippen LogP contribution in [0.4, 0.5) is 15.3 Å². The minimum absolute atomic E-state index is 0.213. The molecule has 0 bridgehead atoms. The molecule has 1 aromatic carbocycles. The average Bonchev–Trinajstić information content (AvgIpc) is 3.51. The Morgan fingerprint density at radius 3 is 2.53 bits per heavy atom. The number of hydrogen-bond acceptors (Lipinski definition) is 7. The van der Waals surface area contributed by atoms with Crippen LogP contribution in [0, 0.1) is 5.82 Å². The number of nitrogens with zero attached hydrogens (tertiary/aromatic N) is 6. The third-order valence-electron chi connectivity index (χ3n) is 6.24. The van der Waals surface area contributed by atoms with Crippen molar-refractivity contribution >= 4 is 33.2 Å². The van der Waals surface area contributed by atoms with Gasteiger partial charge < -0.3 is 15.1 Å². The number of anilines is 2. The number of aromatic nitrogens is 3. The Balaban J connectivity index is 1.33. The first-order chi connectivity index (χ1) is 16.3. The summed E-state index contributed by atoms with van der Waals surface area (Å²) in [6, 6.07) is 6.51. The van der Waals surface area contributed by atoms with Crippen molar-refractivity contribution in [2.45, 2.75) is 39.2 Å². The third kappa shape index (κ3) is 4.88. The monoisotopic (exact) mass is 485 g/mol. The maximum atomic E-state index is 13.9. The fourth-order valence-electron chi connectivity index (χ4n) is 4.53. The molecule has 2 fully saturated rings. The van der Waals surface area contributed by atoms with Gasteiger partial charge in [-0.25, -0.2) is 9.37 Å². The number of benzene rings is 1. The van der Waals surface area contributed by atoms with E-state index in [4.69, 9.17) is 10.1 Å². The van der Waals surface area contributed by atoms with Crippen LogP contribution >= 0.6 is 11.3 Å². The highest BCUT2D eigenvalue weighted by atomic mass is 32.1. The smallest absolute Gasteiger partial charge is 0.236 e. The molecule has 0 aliphatic carbocycles. The number of likely N-dealkylation sites (tertiary alicyclic amines) is 1. The van der Waals surface area contributed by atoms with E-state index >= 15 is 0 Å². The Kier molecular flexibility index (Phi) is 6.20. The third-order valence-corrected chi connectivity index (χ3v) is 7.21. The Hall–Kier alpha value is -2.72. The number of rotatable bonds is 5. The molecule has 182 valence electrons. The number of piperazine rings is 1. The first-order valence-electron chi connectivity index (χ1n) is 12.0. The highest BCUT2D eigenvalue weighted by Gasteiger charge is 2.27. The molecular formula is C24H32FN7OS. The lowest BCUT2D eigenvalue weighted by Crippen LogP contribution is -2.49. The van der Waals surface area contributed by atoms with Gasteiger partial charge in [0.1, 0.15) is 11.5 Å². The number of nitrogens with one attached hydrogen (secondary N) is 1. The Labute approximate surface area is 203 Å². The van der Waals surface area contributed by atoms with Crippen molar-refractivity contribution < 1.29 is 9.18 Å². The van der Waals surface area contributed by atoms with Gasteiger partial charge in [0, 0.05) is 50.4 Å². The minimum Gasteiger partial charge on any atom is -0.364 e. The van der Waals surface area contributed by atoms with Crippen molar-refractivity contribution in [3.63, 3.8) is 0 Å². The molecule has 0 saturated carbocycles. The number of carbonyl (C=O) groups is 1. The predicted octanol–water partition coefficient (Wildman–Crippen LogP) is 3.55. The van der Waals surface area contributed by atoms with Gasteiger partial charge in [0.2, 0.25) is 16.0 Å². The summed E-state index contributed by atoms with van der Waals surface area (Å²) in [4.78, 5) is 24.6. The summed E-state index contributed by atoms with van der Waals surface area (Å²) >= 11 is 1.54. The molecule has 0 radical (unpaired) electrons. The van der Waals surface area contributed by atoms with Crippen molar-refractivity contribution in [1.82, 2.24) is 24.4 Å². The number of imidazole rings is 1. The molecule has 2 aliphatic heterocycles. The zero-order chi connectivity index (χ0) is 23.9. The molecule has 2 aromatic heterocycles. The summed E-state index contributed by atoms with van der Waals surface area (Å²) in [7, 11) is 0. The van der Waals surface area contributed by atoms with E-state index < -0.39 is 0 Å². The van der Waals surface area contributed by atoms with Gasteiger partial charge in [-0.2, -0.15) is 4.52 Å². The van der Waals surface area contributed by atoms with Crippen molar-refractivity contribution in [3.8, 4) is 11.3 Å². The van der Waals surface area contributed by atoms with E-state index in [0.29, 0.717) is 12.2 Å². The van der Waals surface area contributed by atoms with Crippen molar-refractivity contribution in [1.29, 1.82) is 0 Å². The summed E-state index contributed by atoms with van der Waals surface area (Å²) in [6.07, 6.45) is 2.25. The SMILES string of the molecule is CC(C)(C)Nc1c(-c2cccc(F)c2)nc2sc(N3CCN(CC(=O)N4CCCC4)CC3)nn12. The molecule has 0 atom stereocenters. The molecule has 0 unspecified atom stereocenters. The lowest BCUT2D eigenvalue weighted by atomic mass is 10.1. The molecule has 1 N–H and O–H groups in total. The highest BCUT2D eigenvalue weighted by molar-refractivity contribution is 7.20. The lowest BCUT2D eigenvalue weighted by Gasteiger charge is -2.34. The molecular weight excluding hydrogens is 453 g/mol. The molecule has 8 nitrogen and oxygen atoms in total. The fraction of sp³-hybridized carbons (Fsp3) is 0.542. The van der Waals surface area contributed by atoms with E-state index in [0.717, 1.165) is 73.6 Å². The number of fused-ring (bicyclic) bond motifs is 1. The van der Waals surface area contributed by atoms with Gasteiger partial charge in [0.05, 0.1) is 6.54 Å². The van der Waals surface area contributed by atoms with E-state index in [1.54, 1.807) is 6.07 Å². The van der Waals surface area contributed by atoms with Gasteiger partial charge in [-0.1, -0.05) is 23.5 Å². The Bertz CT molecular complexity index is 1170. The second kappa shape index (κ2) is 9.14. The molecule has 10 heteroatoms. The van der Waals surface area contributed by atoms with Gasteiger partial charge in [-0.15, -0.1) is 5.10 Å². The molecule has 3 aromatic rings. The van der Waals surface area contributed by atoms with E-state index in [2.05, 4.69) is 35.9 Å². The predicted molar refractivity (Wildman–Crippen MR) is 134 cm³/mol. The zero-order valence-electron chi connectivity index (χ0n) is 20.1. The fourth-order valence-corrected chi connectivity index (χ4v) is 5.48. The normalized spacial score (nSPS) is 17.6. The van der Waals surface area contributed by atoms with Gasteiger partial charge in [-0.05, 0) is 45.7 Å². The molecule has 4 heterocycles. The summed E-state index contributed by atoms with van der Waals surface area (Å²) in [5.41, 5.74) is 1.21. The number of halogens is 1. The van der Waals surface area contributed by atoms with Gasteiger partial charge in [-0.3, -0.25) is 9.69 Å². The quantitative estimate of drug-likeness (QED) is 0.596. The summed E-state index contributed by atoms with van der Waals surface area (Å²) in [6.45, 7) is 11.9. The van der Waals surface area contributed by atoms with E-state index in [9.17, 15) is 9.18 Å². The lowest BCUT2D eigenvalue weighted by molar-refractivity contribution is -0.131. The number of hydrogen-bond donors (Lipinski definition) is 1. The topological polar surface area (TPSA) is 69.0 Å². The first-order valence-corrected chi connectivity index (χ1v) is 12.8. The van der Waals surface area contributed by atoms with Gasteiger partial charge in [0.25, 0.3) is 0 Å². The van der Waals surface area contributed by atoms with Crippen molar-refractivity contribution in [3.05, 3.63) is 30.1 Å². The summed E-state index contributed by atoms with van der Waals surface area (Å²) in [5.74, 6) is 0.734. The van der Waals surface area contributed by atoms with Crippen LogP contribution in [0.25, 0.3) is 16.2 Å². The van der Waals surface area contributed by atoms with Gasteiger partial charge in [0.15, 0.2) is 5.82 Å². The van der Waals surface area contributed by atoms with Crippen LogP contribution < -0.4 is 10.2 Å². The molecule has 2 saturated heterocycles. The highest BCUT2D eigenvalue weighted by Crippen LogP contribution is 2.35. The molecule has 34 heavy (non-hydrogen) atoms. The number of carbonyl (C=O) groups excluding carboxylic acids is 1. The largest absolute Gasteiger partial charge is 0.364 e. The Morgan fingerprint density at radius 2 is 1.85 bits per heavy atom. The van der Waals surface area contributed by atoms with Crippen molar-refractivity contribution in [2.75, 3.05) is 56.0 Å². The van der Waals surface area contributed by atoms with Crippen LogP contribution in [0.2, 0.25) is 0 Å². The summed E-state index contributed by atoms with van der Waals surface area (Å²) < 4.78 is 15.7. The van der Waals surface area contributed by atoms with Crippen molar-refractivity contribution in [2.24, 2.45) is 0 Å². The maximum absolute atomic E-state index is 13.9. The van der Waals surface area contributed by atoms with Crippen LogP contribution in [-0.2, 0) is 4.79 Å². The van der Waals surface area contributed by atoms with Gasteiger partial charge >= 0.3 is 0 Å². The minimum atomic E-state index is -0.287. The second-order valence-electron chi connectivity index (χ2n) is 10.1.